The minimum atomic E-state index is 0.570. The number of fused-ring (bicyclic) bond motifs is 4. The summed E-state index contributed by atoms with van der Waals surface area (Å²) in [7, 11) is 0. The largest absolute Gasteiger partial charge is 0.0764 e. The Morgan fingerprint density at radius 3 is 2.62 bits per heavy atom. The minimum absolute atomic E-state index is 0.570. The van der Waals surface area contributed by atoms with Crippen LogP contribution in [0.3, 0.4) is 0 Å². The normalized spacial score (nSPS) is 16.8. The zero-order valence-corrected chi connectivity index (χ0v) is 13.7. The van der Waals surface area contributed by atoms with Crippen molar-refractivity contribution in [2.75, 3.05) is 0 Å². The summed E-state index contributed by atoms with van der Waals surface area (Å²) in [5.74, 6) is 0.570. The first-order valence-electron chi connectivity index (χ1n) is 8.86. The summed E-state index contributed by atoms with van der Waals surface area (Å²) in [5, 5.41) is 0. The molecule has 0 radical (unpaired) electrons. The molecule has 24 heavy (non-hydrogen) atoms. The van der Waals surface area contributed by atoms with E-state index in [1.165, 1.54) is 39.8 Å². The second-order valence-corrected chi connectivity index (χ2v) is 6.91. The van der Waals surface area contributed by atoms with Crippen molar-refractivity contribution in [2.24, 2.45) is 0 Å². The molecule has 3 aromatic carbocycles. The van der Waals surface area contributed by atoms with E-state index in [-0.39, 0.29) is 0 Å². The average molecular weight is 308 g/mol. The lowest BCUT2D eigenvalue weighted by molar-refractivity contribution is 0.741. The second-order valence-electron chi connectivity index (χ2n) is 6.91. The third kappa shape index (κ3) is 2.14. The quantitative estimate of drug-likeness (QED) is 0.435. The molecule has 1 unspecified atom stereocenters. The van der Waals surface area contributed by atoms with Gasteiger partial charge in [-0.2, -0.15) is 0 Å². The summed E-state index contributed by atoms with van der Waals surface area (Å²) in [5.41, 5.74) is 10.3. The highest BCUT2D eigenvalue weighted by atomic mass is 14.3. The lowest BCUT2D eigenvalue weighted by Gasteiger charge is -2.13. The molecule has 2 aliphatic rings. The molecule has 2 aliphatic carbocycles. The summed E-state index contributed by atoms with van der Waals surface area (Å²) in [6, 6.07) is 24.5. The Kier molecular flexibility index (Phi) is 3.16. The number of allylic oxidation sites excluding steroid dienone is 1. The maximum absolute atomic E-state index is 2.38. The summed E-state index contributed by atoms with van der Waals surface area (Å²) in [6.07, 6.45) is 8.10. The van der Waals surface area contributed by atoms with Crippen LogP contribution in [-0.4, -0.2) is 0 Å². The molecule has 0 amide bonds. The van der Waals surface area contributed by atoms with Gasteiger partial charge in [0.1, 0.15) is 0 Å². The summed E-state index contributed by atoms with van der Waals surface area (Å²) >= 11 is 0. The fourth-order valence-electron chi connectivity index (χ4n) is 4.34. The zero-order chi connectivity index (χ0) is 15.9. The van der Waals surface area contributed by atoms with Crippen LogP contribution >= 0.6 is 0 Å². The molecule has 0 saturated carbocycles. The number of benzene rings is 3. The Hall–Kier alpha value is -2.60. The van der Waals surface area contributed by atoms with Gasteiger partial charge >= 0.3 is 0 Å². The Morgan fingerprint density at radius 2 is 1.62 bits per heavy atom. The second kappa shape index (κ2) is 5.49. The Labute approximate surface area is 143 Å². The van der Waals surface area contributed by atoms with E-state index in [0.717, 1.165) is 12.8 Å². The van der Waals surface area contributed by atoms with Gasteiger partial charge in [-0.1, -0.05) is 78.9 Å². The lowest BCUT2D eigenvalue weighted by atomic mass is 9.91. The Balaban J connectivity index is 1.42. The van der Waals surface area contributed by atoms with Crippen LogP contribution in [0, 0.1) is 0 Å². The Bertz CT molecular complexity index is 946. The molecule has 3 aromatic rings. The van der Waals surface area contributed by atoms with Gasteiger partial charge in [-0.3, -0.25) is 0 Å². The number of hydrogen-bond acceptors (Lipinski definition) is 0. The number of rotatable bonds is 3. The summed E-state index contributed by atoms with van der Waals surface area (Å²) in [4.78, 5) is 0. The van der Waals surface area contributed by atoms with Gasteiger partial charge in [-0.05, 0) is 58.2 Å². The summed E-state index contributed by atoms with van der Waals surface area (Å²) in [6.45, 7) is 0. The van der Waals surface area contributed by atoms with E-state index in [0.29, 0.717) is 5.92 Å². The third-order valence-electron chi connectivity index (χ3n) is 5.58. The number of hydrogen-bond donors (Lipinski definition) is 0. The van der Waals surface area contributed by atoms with Crippen molar-refractivity contribution in [1.82, 2.24) is 0 Å². The first-order valence-corrected chi connectivity index (χ1v) is 8.86. The fourth-order valence-corrected chi connectivity index (χ4v) is 4.34. The van der Waals surface area contributed by atoms with Crippen molar-refractivity contribution in [3.05, 3.63) is 101 Å². The van der Waals surface area contributed by atoms with Gasteiger partial charge in [-0.15, -0.1) is 0 Å². The first-order chi connectivity index (χ1) is 11.9. The average Bonchev–Trinajstić information content (AvgIpc) is 3.21. The molecule has 5 rings (SSSR count). The van der Waals surface area contributed by atoms with Crippen LogP contribution in [0.15, 0.2) is 72.8 Å². The monoisotopic (exact) mass is 308 g/mol. The van der Waals surface area contributed by atoms with Gasteiger partial charge in [0.2, 0.25) is 0 Å². The summed E-state index contributed by atoms with van der Waals surface area (Å²) < 4.78 is 0. The topological polar surface area (TPSA) is 0 Å². The van der Waals surface area contributed by atoms with Crippen LogP contribution in [0.25, 0.3) is 17.2 Å². The van der Waals surface area contributed by atoms with Crippen molar-refractivity contribution in [3.63, 3.8) is 0 Å². The highest BCUT2D eigenvalue weighted by molar-refractivity contribution is 5.77. The molecule has 0 heterocycles. The maximum Gasteiger partial charge on any atom is 0.00303 e. The van der Waals surface area contributed by atoms with Crippen molar-refractivity contribution < 1.29 is 0 Å². The first kappa shape index (κ1) is 13.8. The molecule has 1 atom stereocenters. The molecule has 0 bridgehead atoms. The van der Waals surface area contributed by atoms with E-state index in [9.17, 15) is 0 Å². The number of aryl methyl sites for hydroxylation is 1. The van der Waals surface area contributed by atoms with Crippen molar-refractivity contribution in [1.29, 1.82) is 0 Å². The molecule has 0 heteroatoms. The lowest BCUT2D eigenvalue weighted by Crippen LogP contribution is -1.99. The van der Waals surface area contributed by atoms with Crippen molar-refractivity contribution in [2.45, 2.75) is 25.2 Å². The van der Waals surface area contributed by atoms with Gasteiger partial charge in [0.15, 0.2) is 0 Å². The molecule has 0 fully saturated rings. The molecule has 0 saturated heterocycles. The molecular formula is C24H20. The standard InChI is InChI=1S/C24H20/c1-3-9-21-17(6-1)12-14-19(21)15-13-18-8-5-11-23-22-10-4-2-7-20(22)16-24(18)23/h1-12,14,19H,13,15-16H2. The fraction of sp³-hybridized carbons (Fsp3) is 0.167. The zero-order valence-electron chi connectivity index (χ0n) is 13.7. The van der Waals surface area contributed by atoms with E-state index in [4.69, 9.17) is 0 Å². The highest BCUT2D eigenvalue weighted by Gasteiger charge is 2.21. The van der Waals surface area contributed by atoms with Crippen molar-refractivity contribution >= 4 is 6.08 Å². The van der Waals surface area contributed by atoms with Crippen LogP contribution < -0.4 is 0 Å². The van der Waals surface area contributed by atoms with Gasteiger partial charge < -0.3 is 0 Å². The Morgan fingerprint density at radius 1 is 0.792 bits per heavy atom. The highest BCUT2D eigenvalue weighted by Crippen LogP contribution is 2.39. The van der Waals surface area contributed by atoms with Gasteiger partial charge in [0.25, 0.3) is 0 Å². The van der Waals surface area contributed by atoms with Crippen LogP contribution in [0.5, 0.6) is 0 Å². The van der Waals surface area contributed by atoms with E-state index in [2.05, 4.69) is 78.9 Å². The van der Waals surface area contributed by atoms with Gasteiger partial charge in [-0.25, -0.2) is 0 Å². The van der Waals surface area contributed by atoms with E-state index in [1.54, 1.807) is 5.56 Å². The van der Waals surface area contributed by atoms with Gasteiger partial charge in [0.05, 0.1) is 0 Å². The van der Waals surface area contributed by atoms with Gasteiger partial charge in [0, 0.05) is 5.92 Å². The molecule has 0 nitrogen and oxygen atoms in total. The van der Waals surface area contributed by atoms with E-state index < -0.39 is 0 Å². The SMILES string of the molecule is C1=CC(CCc2cccc3c2Cc2ccccc2-3)c2ccccc21. The smallest absolute Gasteiger partial charge is 0.00303 e. The molecule has 0 aliphatic heterocycles. The van der Waals surface area contributed by atoms with E-state index >= 15 is 0 Å². The van der Waals surface area contributed by atoms with E-state index in [1.807, 2.05) is 0 Å². The van der Waals surface area contributed by atoms with Crippen LogP contribution in [-0.2, 0) is 12.8 Å². The predicted octanol–water partition coefficient (Wildman–Crippen LogP) is 6.00. The molecule has 0 aromatic heterocycles. The van der Waals surface area contributed by atoms with Crippen LogP contribution in [0.2, 0.25) is 0 Å². The predicted molar refractivity (Wildman–Crippen MR) is 101 cm³/mol. The maximum atomic E-state index is 2.38. The molecular weight excluding hydrogens is 288 g/mol. The minimum Gasteiger partial charge on any atom is -0.0764 e. The molecule has 116 valence electrons. The van der Waals surface area contributed by atoms with Crippen LogP contribution in [0.4, 0.5) is 0 Å². The third-order valence-corrected chi connectivity index (χ3v) is 5.58. The van der Waals surface area contributed by atoms with Crippen molar-refractivity contribution in [3.8, 4) is 11.1 Å². The molecule has 0 N–H and O–H groups in total. The molecule has 0 spiro atoms. The van der Waals surface area contributed by atoms with Crippen LogP contribution in [0.1, 0.15) is 40.2 Å².